The lowest BCUT2D eigenvalue weighted by Crippen LogP contribution is -1.97. The molecule has 0 saturated heterocycles. The topological polar surface area (TPSA) is 37.1 Å². The normalized spacial score (nSPS) is 12.0. The first kappa shape index (κ1) is 44.6. The highest BCUT2D eigenvalue weighted by Gasteiger charge is 2.16. The number of aliphatic imine (C=N–C) groups is 3. The van der Waals surface area contributed by atoms with Crippen LogP contribution in [0.5, 0.6) is 0 Å². The number of rotatable bonds is 11. The van der Waals surface area contributed by atoms with Crippen molar-refractivity contribution in [3.63, 3.8) is 0 Å². The van der Waals surface area contributed by atoms with Gasteiger partial charge in [-0.15, -0.1) is 0 Å². The third kappa shape index (κ3) is 11.6. The van der Waals surface area contributed by atoms with Crippen LogP contribution in [-0.4, -0.2) is 18.8 Å². The molecule has 0 radical (unpaired) electrons. The smallest absolute Gasteiger partial charge is 0.154 e. The van der Waals surface area contributed by atoms with Crippen LogP contribution >= 0.6 is 0 Å². The Labute approximate surface area is 361 Å². The summed E-state index contributed by atoms with van der Waals surface area (Å²) < 4.78 is 0. The molecular formula is C57H63N3. The van der Waals surface area contributed by atoms with Gasteiger partial charge in [-0.1, -0.05) is 192 Å². The summed E-state index contributed by atoms with van der Waals surface area (Å²) in [6, 6.07) is 44.9. The molecule has 60 heavy (non-hydrogen) atoms. The molecule has 1 aliphatic rings. The molecule has 3 heteroatoms. The maximum Gasteiger partial charge on any atom is 0.154 e. The van der Waals surface area contributed by atoms with Crippen LogP contribution in [0.15, 0.2) is 161 Å². The highest BCUT2D eigenvalue weighted by Crippen LogP contribution is 2.40. The van der Waals surface area contributed by atoms with Crippen LogP contribution in [0.4, 0.5) is 5.69 Å². The minimum absolute atomic E-state index is 0. The zero-order valence-corrected chi connectivity index (χ0v) is 36.6. The van der Waals surface area contributed by atoms with E-state index in [4.69, 9.17) is 4.99 Å². The molecule has 3 nitrogen and oxygen atoms in total. The fourth-order valence-corrected chi connectivity index (χ4v) is 7.25. The van der Waals surface area contributed by atoms with Gasteiger partial charge in [-0.3, -0.25) is 9.98 Å². The average molecular weight is 790 g/mol. The lowest BCUT2D eigenvalue weighted by molar-refractivity contribution is 0.886. The van der Waals surface area contributed by atoms with E-state index in [0.717, 1.165) is 36.1 Å². The highest BCUT2D eigenvalue weighted by atomic mass is 14.9. The summed E-state index contributed by atoms with van der Waals surface area (Å²) in [5.41, 5.74) is 18.3. The van der Waals surface area contributed by atoms with Crippen LogP contribution in [0.25, 0.3) is 51.6 Å². The first-order valence-corrected chi connectivity index (χ1v) is 21.4. The second-order valence-corrected chi connectivity index (χ2v) is 14.9. The van der Waals surface area contributed by atoms with Crippen LogP contribution in [-0.2, 0) is 19.4 Å². The predicted octanol–water partition coefficient (Wildman–Crippen LogP) is 16.3. The first-order chi connectivity index (χ1) is 29.4. The molecule has 0 spiro atoms. The van der Waals surface area contributed by atoms with E-state index in [1.54, 1.807) is 0 Å². The number of fused-ring (bicyclic) bond motifs is 1. The van der Waals surface area contributed by atoms with Gasteiger partial charge in [0.2, 0.25) is 0 Å². The molecule has 0 fully saturated rings. The van der Waals surface area contributed by atoms with Crippen molar-refractivity contribution in [3.05, 3.63) is 191 Å². The number of para-hydroxylation sites is 1. The Kier molecular flexibility index (Phi) is 17.3. The Morgan fingerprint density at radius 1 is 0.700 bits per heavy atom. The number of amidine groups is 1. The molecule has 6 aromatic carbocycles. The number of benzene rings is 6. The summed E-state index contributed by atoms with van der Waals surface area (Å²) in [4.78, 5) is 13.2. The zero-order chi connectivity index (χ0) is 42.7. The van der Waals surface area contributed by atoms with Crippen LogP contribution in [0.1, 0.15) is 99.8 Å². The Hall–Kier alpha value is -6.45. The van der Waals surface area contributed by atoms with Crippen LogP contribution in [0.3, 0.4) is 0 Å². The van der Waals surface area contributed by atoms with Gasteiger partial charge in [0.1, 0.15) is 0 Å². The molecular weight excluding hydrogens is 727 g/mol. The standard InChI is InChI=1S/C38H37N.C15H14N2.C4H10.H2/c1-6-12-34-26(5)22-28(9-4)35(13-7-2)37(34)30-19-17-29(18-20-30)32-23-27(8-3)24-33(25-32)36-16-10-14-31-15-11-21-39-38(31)36;1-16-15(14-10-6-3-7-11-14)17-12-13-8-4-2-5-9-13;1-3-4-2;/h6-7,9-10,12-14,16-25H,4,8,11,15H2,1-3,5H3;2-11H,1,12H2;3-4H2,1-2H3;1H/b12-6-,13-7-;;;. The molecule has 0 unspecified atom stereocenters. The third-order valence-corrected chi connectivity index (χ3v) is 10.6. The monoisotopic (exact) mass is 790 g/mol. The fraction of sp³-hybridized carbons (Fsp3) is 0.211. The van der Waals surface area contributed by atoms with Crippen molar-refractivity contribution >= 4 is 42.7 Å². The van der Waals surface area contributed by atoms with Crippen molar-refractivity contribution < 1.29 is 1.43 Å². The van der Waals surface area contributed by atoms with E-state index in [1.165, 1.54) is 79.6 Å². The van der Waals surface area contributed by atoms with Crippen molar-refractivity contribution in [1.82, 2.24) is 0 Å². The average Bonchev–Trinajstić information content (AvgIpc) is 3.31. The Morgan fingerprint density at radius 3 is 1.98 bits per heavy atom. The van der Waals surface area contributed by atoms with Crippen molar-refractivity contribution in [2.24, 2.45) is 15.0 Å². The summed E-state index contributed by atoms with van der Waals surface area (Å²) >= 11 is 0. The van der Waals surface area contributed by atoms with Gasteiger partial charge < -0.3 is 0 Å². The quantitative estimate of drug-likeness (QED) is 0.0926. The molecule has 1 heterocycles. The van der Waals surface area contributed by atoms with E-state index in [1.807, 2.05) is 54.6 Å². The van der Waals surface area contributed by atoms with Crippen molar-refractivity contribution in [1.29, 1.82) is 0 Å². The number of allylic oxidation sites excluding steroid dienone is 2. The summed E-state index contributed by atoms with van der Waals surface area (Å²) in [7, 11) is 0. The summed E-state index contributed by atoms with van der Waals surface area (Å²) in [6.45, 7) is 21.2. The van der Waals surface area contributed by atoms with E-state index in [9.17, 15) is 0 Å². The lowest BCUT2D eigenvalue weighted by Gasteiger charge is -2.18. The maximum atomic E-state index is 4.80. The number of nitrogens with zero attached hydrogens (tertiary/aromatic N) is 3. The van der Waals surface area contributed by atoms with Gasteiger partial charge >= 0.3 is 0 Å². The third-order valence-electron chi connectivity index (χ3n) is 10.6. The van der Waals surface area contributed by atoms with Gasteiger partial charge in [0.25, 0.3) is 0 Å². The van der Waals surface area contributed by atoms with Crippen LogP contribution in [0, 0.1) is 6.92 Å². The van der Waals surface area contributed by atoms with Gasteiger partial charge in [0.15, 0.2) is 5.84 Å². The lowest BCUT2D eigenvalue weighted by atomic mass is 9.86. The number of hydrogen-bond donors (Lipinski definition) is 0. The molecule has 1 aliphatic heterocycles. The largest absolute Gasteiger partial charge is 0.261 e. The molecule has 6 aromatic rings. The molecule has 0 aliphatic carbocycles. The van der Waals surface area contributed by atoms with E-state index in [2.05, 4.69) is 174 Å². The summed E-state index contributed by atoms with van der Waals surface area (Å²) in [6.07, 6.45) is 18.4. The van der Waals surface area contributed by atoms with E-state index >= 15 is 0 Å². The van der Waals surface area contributed by atoms with Crippen LogP contribution in [0.2, 0.25) is 0 Å². The number of aryl methyl sites for hydroxylation is 3. The van der Waals surface area contributed by atoms with E-state index < -0.39 is 0 Å². The molecule has 0 amide bonds. The molecule has 7 rings (SSSR count). The van der Waals surface area contributed by atoms with Gasteiger partial charge in [0, 0.05) is 18.8 Å². The second-order valence-electron chi connectivity index (χ2n) is 14.9. The Morgan fingerprint density at radius 2 is 1.35 bits per heavy atom. The highest BCUT2D eigenvalue weighted by molar-refractivity contribution is 6.01. The van der Waals surface area contributed by atoms with Gasteiger partial charge in [-0.2, -0.15) is 0 Å². The van der Waals surface area contributed by atoms with Gasteiger partial charge in [-0.25, -0.2) is 4.99 Å². The molecule has 0 aromatic heterocycles. The molecule has 0 bridgehead atoms. The van der Waals surface area contributed by atoms with Crippen molar-refractivity contribution in [3.8, 4) is 33.4 Å². The van der Waals surface area contributed by atoms with Gasteiger partial charge in [0.05, 0.1) is 12.2 Å². The first-order valence-electron chi connectivity index (χ1n) is 21.4. The van der Waals surface area contributed by atoms with E-state index in [0.29, 0.717) is 12.4 Å². The molecule has 0 atom stereocenters. The Balaban J connectivity index is 0.000000309. The maximum absolute atomic E-state index is 4.80. The molecule has 306 valence electrons. The predicted molar refractivity (Wildman–Crippen MR) is 268 cm³/mol. The molecule has 0 N–H and O–H groups in total. The summed E-state index contributed by atoms with van der Waals surface area (Å²) in [5, 5.41) is 0. The van der Waals surface area contributed by atoms with Gasteiger partial charge in [-0.05, 0) is 120 Å². The summed E-state index contributed by atoms with van der Waals surface area (Å²) in [5.74, 6) is 0.689. The van der Waals surface area contributed by atoms with E-state index in [-0.39, 0.29) is 1.43 Å². The SMILES string of the molecule is C=Cc1cc(C)c(/C=C\C)c(-c2ccc(-c3cc(CC)cc(-c4cccc5c4N=CCC5)c3)cc2)c1/C=C\C.C=NC(=NCc1ccccc1)c1ccccc1.CCCC.[HH]. The minimum atomic E-state index is 0. The minimum Gasteiger partial charge on any atom is -0.261 e. The zero-order valence-electron chi connectivity index (χ0n) is 36.6. The fourth-order valence-electron chi connectivity index (χ4n) is 7.25. The number of hydrogen-bond acceptors (Lipinski definition) is 2. The van der Waals surface area contributed by atoms with Crippen LogP contribution < -0.4 is 0 Å². The number of unbranched alkanes of at least 4 members (excludes halogenated alkanes) is 1. The van der Waals surface area contributed by atoms with Crippen molar-refractivity contribution in [2.75, 3.05) is 0 Å². The van der Waals surface area contributed by atoms with Crippen molar-refractivity contribution in [2.45, 2.75) is 80.2 Å². The Bertz CT molecular complexity index is 2450. The second kappa shape index (κ2) is 23.2. The molecule has 0 saturated carbocycles.